The summed E-state index contributed by atoms with van der Waals surface area (Å²) in [4.78, 5) is 25.6. The summed E-state index contributed by atoms with van der Waals surface area (Å²) in [7, 11) is 0. The van der Waals surface area contributed by atoms with E-state index in [1.54, 1.807) is 18.3 Å². The van der Waals surface area contributed by atoms with E-state index in [2.05, 4.69) is 15.3 Å². The molecule has 0 saturated carbocycles. The van der Waals surface area contributed by atoms with Crippen molar-refractivity contribution in [3.8, 4) is 0 Å². The van der Waals surface area contributed by atoms with Crippen LogP contribution in [0.2, 0.25) is 0 Å². The third-order valence-corrected chi connectivity index (χ3v) is 7.50. The van der Waals surface area contributed by atoms with Gasteiger partial charge >= 0.3 is 12.1 Å². The van der Waals surface area contributed by atoms with Crippen molar-refractivity contribution < 1.29 is 23.1 Å². The fraction of sp³-hybridized carbons (Fsp3) is 0.310. The fourth-order valence-corrected chi connectivity index (χ4v) is 5.57. The van der Waals surface area contributed by atoms with E-state index in [1.807, 2.05) is 39.0 Å². The second-order valence-corrected chi connectivity index (χ2v) is 10.1. The summed E-state index contributed by atoms with van der Waals surface area (Å²) >= 11 is 1.52. The Kier molecular flexibility index (Phi) is 8.64. The minimum atomic E-state index is -4.46. The number of aromatic carboxylic acids is 1. The molecule has 3 aromatic rings. The van der Waals surface area contributed by atoms with Crippen molar-refractivity contribution in [2.24, 2.45) is 4.99 Å². The summed E-state index contributed by atoms with van der Waals surface area (Å²) in [6.07, 6.45) is 5.48. The molecule has 3 heterocycles. The molecule has 0 radical (unpaired) electrons. The molecule has 204 valence electrons. The van der Waals surface area contributed by atoms with Crippen LogP contribution in [-0.4, -0.2) is 26.8 Å². The van der Waals surface area contributed by atoms with E-state index < -0.39 is 17.7 Å². The molecule has 39 heavy (non-hydrogen) atoms. The molecule has 0 bridgehead atoms. The topological polar surface area (TPSA) is 87.5 Å². The SMILES string of the molecule is CC.CC1=CC(c2cnc(C3CCCc4cc(C(=O)O)ccc43)s2)=NC(Nc2cc(C(F)(F)F)ccn2)=CC1. The predicted octanol–water partition coefficient (Wildman–Crippen LogP) is 7.84. The molecule has 0 saturated heterocycles. The van der Waals surface area contributed by atoms with Crippen molar-refractivity contribution in [3.63, 3.8) is 0 Å². The number of halogens is 3. The second kappa shape index (κ2) is 11.9. The number of hydrogen-bond acceptors (Lipinski definition) is 6. The summed E-state index contributed by atoms with van der Waals surface area (Å²) in [5.74, 6) is -0.389. The first kappa shape index (κ1) is 28.2. The van der Waals surface area contributed by atoms with E-state index in [1.165, 1.54) is 11.3 Å². The number of pyridine rings is 1. The van der Waals surface area contributed by atoms with Crippen molar-refractivity contribution in [1.29, 1.82) is 0 Å². The number of benzene rings is 1. The average molecular weight is 555 g/mol. The minimum Gasteiger partial charge on any atom is -0.478 e. The number of carboxylic acids is 1. The number of nitrogens with zero attached hydrogens (tertiary/aromatic N) is 3. The standard InChI is InChI=1S/C27H23F3N4O2S.C2H6/c1-15-5-8-23(34-24-13-18(9-10-31-24)27(28,29)30)33-21(11-15)22-14-32-25(37-22)20-4-2-3-16-12-17(26(35)36)6-7-19(16)20;1-2/h6-14,20H,2-5H2,1H3,(H,31,34)(H,35,36);1-2H3. The number of carboxylic acid groups (broad SMARTS) is 1. The van der Waals surface area contributed by atoms with Gasteiger partial charge in [-0.25, -0.2) is 19.8 Å². The largest absolute Gasteiger partial charge is 0.478 e. The van der Waals surface area contributed by atoms with Crippen LogP contribution in [0.5, 0.6) is 0 Å². The number of thiazole rings is 1. The van der Waals surface area contributed by atoms with Crippen molar-refractivity contribution in [3.05, 3.63) is 98.4 Å². The van der Waals surface area contributed by atoms with E-state index >= 15 is 0 Å². The van der Waals surface area contributed by atoms with Crippen LogP contribution in [0.4, 0.5) is 19.0 Å². The summed E-state index contributed by atoms with van der Waals surface area (Å²) in [5.41, 5.74) is 3.36. The minimum absolute atomic E-state index is 0.0632. The lowest BCUT2D eigenvalue weighted by molar-refractivity contribution is -0.137. The highest BCUT2D eigenvalue weighted by Crippen LogP contribution is 2.39. The molecule has 10 heteroatoms. The van der Waals surface area contributed by atoms with Crippen molar-refractivity contribution in [1.82, 2.24) is 9.97 Å². The molecule has 2 aliphatic rings. The second-order valence-electron chi connectivity index (χ2n) is 9.06. The smallest absolute Gasteiger partial charge is 0.416 e. The van der Waals surface area contributed by atoms with Gasteiger partial charge in [-0.3, -0.25) is 0 Å². The fourth-order valence-electron chi connectivity index (χ4n) is 4.54. The highest BCUT2D eigenvalue weighted by molar-refractivity contribution is 7.14. The van der Waals surface area contributed by atoms with Crippen molar-refractivity contribution in [2.75, 3.05) is 5.32 Å². The maximum Gasteiger partial charge on any atom is 0.416 e. The number of allylic oxidation sites excluding steroid dienone is 3. The normalized spacial score (nSPS) is 17.0. The van der Waals surface area contributed by atoms with E-state index in [0.717, 1.165) is 64.2 Å². The van der Waals surface area contributed by atoms with Gasteiger partial charge in [0.1, 0.15) is 16.6 Å². The van der Waals surface area contributed by atoms with Gasteiger partial charge in [0, 0.05) is 18.3 Å². The van der Waals surface area contributed by atoms with Crippen LogP contribution < -0.4 is 5.32 Å². The lowest BCUT2D eigenvalue weighted by atomic mass is 9.82. The van der Waals surface area contributed by atoms with Crippen LogP contribution in [0.1, 0.15) is 82.9 Å². The molecular weight excluding hydrogens is 525 g/mol. The van der Waals surface area contributed by atoms with Gasteiger partial charge in [0.2, 0.25) is 0 Å². The number of fused-ring (bicyclic) bond motifs is 1. The van der Waals surface area contributed by atoms with Crippen molar-refractivity contribution in [2.45, 2.75) is 58.5 Å². The molecule has 2 aromatic heterocycles. The van der Waals surface area contributed by atoms with Crippen LogP contribution in [0.25, 0.3) is 0 Å². The first-order chi connectivity index (χ1) is 18.7. The molecule has 1 atom stereocenters. The summed E-state index contributed by atoms with van der Waals surface area (Å²) in [5, 5.41) is 13.2. The Hall–Kier alpha value is -3.79. The number of aryl methyl sites for hydroxylation is 1. The third-order valence-electron chi connectivity index (χ3n) is 6.36. The average Bonchev–Trinajstić information content (AvgIpc) is 3.34. The van der Waals surface area contributed by atoms with Gasteiger partial charge in [-0.2, -0.15) is 13.2 Å². The summed E-state index contributed by atoms with van der Waals surface area (Å²) in [6, 6.07) is 7.17. The highest BCUT2D eigenvalue weighted by atomic mass is 32.1. The maximum atomic E-state index is 13.1. The Morgan fingerprint density at radius 2 is 1.95 bits per heavy atom. The molecule has 1 aromatic carbocycles. The van der Waals surface area contributed by atoms with E-state index in [4.69, 9.17) is 4.99 Å². The van der Waals surface area contributed by atoms with Crippen LogP contribution >= 0.6 is 11.3 Å². The highest BCUT2D eigenvalue weighted by Gasteiger charge is 2.31. The molecule has 0 spiro atoms. The summed E-state index contributed by atoms with van der Waals surface area (Å²) in [6.45, 7) is 5.97. The zero-order chi connectivity index (χ0) is 28.2. The molecule has 1 unspecified atom stereocenters. The van der Waals surface area contributed by atoms with E-state index in [0.29, 0.717) is 18.0 Å². The number of nitrogens with one attached hydrogen (secondary N) is 1. The zero-order valence-electron chi connectivity index (χ0n) is 21.8. The lowest BCUT2D eigenvalue weighted by Gasteiger charge is -2.24. The molecule has 0 amide bonds. The lowest BCUT2D eigenvalue weighted by Crippen LogP contribution is -2.12. The van der Waals surface area contributed by atoms with E-state index in [9.17, 15) is 23.1 Å². The Balaban J connectivity index is 0.00000172. The molecule has 5 rings (SSSR count). The van der Waals surface area contributed by atoms with Gasteiger partial charge in [-0.05, 0) is 80.2 Å². The van der Waals surface area contributed by atoms with Crippen LogP contribution in [0.15, 0.2) is 71.3 Å². The maximum absolute atomic E-state index is 13.1. The summed E-state index contributed by atoms with van der Waals surface area (Å²) < 4.78 is 39.3. The number of carbonyl (C=O) groups is 1. The molecular formula is C29H29F3N4O2S. The molecule has 6 nitrogen and oxygen atoms in total. The number of hydrogen-bond donors (Lipinski definition) is 2. The van der Waals surface area contributed by atoms with Crippen molar-refractivity contribution >= 4 is 28.8 Å². The Morgan fingerprint density at radius 3 is 2.69 bits per heavy atom. The quantitative estimate of drug-likeness (QED) is 0.335. The van der Waals surface area contributed by atoms with Crippen LogP contribution in [0.3, 0.4) is 0 Å². The number of aliphatic imine (C=N–C) groups is 1. The van der Waals surface area contributed by atoms with Gasteiger partial charge in [0.05, 0.1) is 21.7 Å². The molecule has 0 fully saturated rings. The van der Waals surface area contributed by atoms with Crippen LogP contribution in [0, 0.1) is 0 Å². The number of rotatable bonds is 5. The first-order valence-corrected chi connectivity index (χ1v) is 13.6. The Labute approximate surface area is 229 Å². The van der Waals surface area contributed by atoms with Gasteiger partial charge < -0.3 is 10.4 Å². The predicted molar refractivity (Wildman–Crippen MR) is 147 cm³/mol. The van der Waals surface area contributed by atoms with Gasteiger partial charge in [0.15, 0.2) is 0 Å². The molecule has 2 N–H and O–H groups in total. The Bertz CT molecular complexity index is 1460. The Morgan fingerprint density at radius 1 is 1.15 bits per heavy atom. The van der Waals surface area contributed by atoms with E-state index in [-0.39, 0.29) is 17.3 Å². The monoisotopic (exact) mass is 554 g/mol. The first-order valence-electron chi connectivity index (χ1n) is 12.8. The number of anilines is 1. The number of alkyl halides is 3. The van der Waals surface area contributed by atoms with Gasteiger partial charge in [-0.15, -0.1) is 11.3 Å². The molecule has 1 aliphatic carbocycles. The van der Waals surface area contributed by atoms with Gasteiger partial charge in [0.25, 0.3) is 0 Å². The zero-order valence-corrected chi connectivity index (χ0v) is 22.7. The molecule has 1 aliphatic heterocycles. The third kappa shape index (κ3) is 6.62. The number of aromatic nitrogens is 2. The van der Waals surface area contributed by atoms with Gasteiger partial charge in [-0.1, -0.05) is 25.5 Å². The van der Waals surface area contributed by atoms with Crippen LogP contribution in [-0.2, 0) is 12.6 Å².